The van der Waals surface area contributed by atoms with Crippen LogP contribution in [0.25, 0.3) is 0 Å². The molecular formula is C24H31N3O4. The van der Waals surface area contributed by atoms with Crippen molar-refractivity contribution in [1.29, 1.82) is 0 Å². The lowest BCUT2D eigenvalue weighted by molar-refractivity contribution is -0.188. The van der Waals surface area contributed by atoms with Gasteiger partial charge in [-0.3, -0.25) is 14.6 Å². The Hall–Kier alpha value is -2.93. The van der Waals surface area contributed by atoms with E-state index in [9.17, 15) is 9.59 Å². The van der Waals surface area contributed by atoms with E-state index >= 15 is 0 Å². The molecule has 0 aliphatic heterocycles. The lowest BCUT2D eigenvalue weighted by Gasteiger charge is -2.39. The first kappa shape index (κ1) is 22.7. The summed E-state index contributed by atoms with van der Waals surface area (Å²) in [6.45, 7) is 5.70. The summed E-state index contributed by atoms with van der Waals surface area (Å²) in [4.78, 5) is 35.9. The van der Waals surface area contributed by atoms with Gasteiger partial charge >= 0.3 is 6.09 Å². The Morgan fingerprint density at radius 2 is 1.77 bits per heavy atom. The van der Waals surface area contributed by atoms with Gasteiger partial charge in [-0.2, -0.15) is 5.06 Å². The third-order valence-electron chi connectivity index (χ3n) is 5.03. The van der Waals surface area contributed by atoms with Crippen LogP contribution in [-0.4, -0.2) is 39.7 Å². The highest BCUT2D eigenvalue weighted by molar-refractivity contribution is 5.92. The van der Waals surface area contributed by atoms with Gasteiger partial charge in [-0.1, -0.05) is 49.2 Å². The molecule has 1 aromatic heterocycles. The fourth-order valence-electron chi connectivity index (χ4n) is 3.61. The fraction of sp³-hybridized carbons (Fsp3) is 0.458. The molecule has 1 N–H and O–H groups in total. The molecule has 2 amide bonds. The number of pyridine rings is 1. The molecule has 7 heteroatoms. The van der Waals surface area contributed by atoms with E-state index in [0.717, 1.165) is 24.8 Å². The topological polar surface area (TPSA) is 80.8 Å². The van der Waals surface area contributed by atoms with Crippen LogP contribution < -0.4 is 5.32 Å². The first-order valence-corrected chi connectivity index (χ1v) is 10.7. The van der Waals surface area contributed by atoms with Crippen molar-refractivity contribution >= 4 is 12.0 Å². The van der Waals surface area contributed by atoms with Crippen molar-refractivity contribution < 1.29 is 19.2 Å². The molecule has 2 aromatic rings. The summed E-state index contributed by atoms with van der Waals surface area (Å²) in [7, 11) is 0. The van der Waals surface area contributed by atoms with Crippen LogP contribution in [0.2, 0.25) is 0 Å². The Bertz CT molecular complexity index is 852. The van der Waals surface area contributed by atoms with Crippen molar-refractivity contribution in [3.05, 3.63) is 66.0 Å². The van der Waals surface area contributed by atoms with Gasteiger partial charge in [0.25, 0.3) is 5.91 Å². The summed E-state index contributed by atoms with van der Waals surface area (Å²) in [6, 6.07) is 14.3. The largest absolute Gasteiger partial charge is 0.442 e. The highest BCUT2D eigenvalue weighted by Crippen LogP contribution is 2.26. The number of hydrogen-bond acceptors (Lipinski definition) is 5. The van der Waals surface area contributed by atoms with Gasteiger partial charge in [0.05, 0.1) is 12.1 Å². The van der Waals surface area contributed by atoms with E-state index in [-0.39, 0.29) is 24.6 Å². The molecule has 1 heterocycles. The second-order valence-corrected chi connectivity index (χ2v) is 8.71. The third kappa shape index (κ3) is 6.79. The molecule has 0 radical (unpaired) electrons. The summed E-state index contributed by atoms with van der Waals surface area (Å²) in [6.07, 6.45) is 4.40. The van der Waals surface area contributed by atoms with Crippen molar-refractivity contribution in [3.8, 4) is 0 Å². The summed E-state index contributed by atoms with van der Waals surface area (Å²) >= 11 is 0. The van der Waals surface area contributed by atoms with Gasteiger partial charge in [-0.15, -0.1) is 0 Å². The minimum atomic E-state index is -0.660. The van der Waals surface area contributed by atoms with E-state index in [1.165, 1.54) is 5.06 Å². The van der Waals surface area contributed by atoms with Crippen LogP contribution in [0.5, 0.6) is 0 Å². The van der Waals surface area contributed by atoms with Crippen molar-refractivity contribution in [2.75, 3.05) is 0 Å². The number of benzene rings is 1. The minimum Gasteiger partial charge on any atom is -0.442 e. The lowest BCUT2D eigenvalue weighted by atomic mass is 9.90. The van der Waals surface area contributed by atoms with Crippen molar-refractivity contribution in [3.63, 3.8) is 0 Å². The number of hydrogen-bond donors (Lipinski definition) is 1. The number of hydroxylamine groups is 2. The molecule has 1 aromatic carbocycles. The summed E-state index contributed by atoms with van der Waals surface area (Å²) < 4.78 is 5.62. The molecule has 0 spiro atoms. The Morgan fingerprint density at radius 1 is 1.06 bits per heavy atom. The quantitative estimate of drug-likeness (QED) is 0.690. The SMILES string of the molecule is CC(C)(C)OC(=O)N(OCc1ccccc1)[C@@H]1CCCC[C@H]1NC(=O)c1ccccn1. The van der Waals surface area contributed by atoms with Crippen LogP contribution >= 0.6 is 0 Å². The average Bonchev–Trinajstić information content (AvgIpc) is 2.75. The number of carbonyl (C=O) groups is 2. The van der Waals surface area contributed by atoms with Gasteiger partial charge in [-0.05, 0) is 51.3 Å². The number of amides is 2. The predicted molar refractivity (Wildman–Crippen MR) is 117 cm³/mol. The molecule has 31 heavy (non-hydrogen) atoms. The van der Waals surface area contributed by atoms with Crippen LogP contribution in [0.1, 0.15) is 62.5 Å². The predicted octanol–water partition coefficient (Wildman–Crippen LogP) is 4.49. The molecule has 3 rings (SSSR count). The number of carbonyl (C=O) groups excluding carboxylic acids is 2. The molecule has 0 unspecified atom stereocenters. The third-order valence-corrected chi connectivity index (χ3v) is 5.03. The molecule has 1 aliphatic rings. The zero-order chi connectivity index (χ0) is 22.3. The molecule has 0 saturated heterocycles. The van der Waals surface area contributed by atoms with Gasteiger partial charge in [0.1, 0.15) is 17.9 Å². The summed E-state index contributed by atoms with van der Waals surface area (Å²) in [5.41, 5.74) is 0.633. The number of aromatic nitrogens is 1. The van der Waals surface area contributed by atoms with Crippen LogP contribution in [0.4, 0.5) is 4.79 Å². The highest BCUT2D eigenvalue weighted by atomic mass is 16.7. The maximum atomic E-state index is 13.0. The fourth-order valence-corrected chi connectivity index (χ4v) is 3.61. The Kier molecular flexibility index (Phi) is 7.63. The zero-order valence-electron chi connectivity index (χ0n) is 18.4. The zero-order valence-corrected chi connectivity index (χ0v) is 18.4. The van der Waals surface area contributed by atoms with Gasteiger partial charge in [0.15, 0.2) is 0 Å². The number of ether oxygens (including phenoxy) is 1. The van der Waals surface area contributed by atoms with Crippen LogP contribution in [0.15, 0.2) is 54.7 Å². The molecule has 1 saturated carbocycles. The number of nitrogens with one attached hydrogen (secondary N) is 1. The number of nitrogens with zero attached hydrogens (tertiary/aromatic N) is 2. The highest BCUT2D eigenvalue weighted by Gasteiger charge is 2.37. The maximum Gasteiger partial charge on any atom is 0.434 e. The van der Waals surface area contributed by atoms with E-state index in [1.807, 2.05) is 51.1 Å². The average molecular weight is 426 g/mol. The molecule has 1 fully saturated rings. The van der Waals surface area contributed by atoms with E-state index in [4.69, 9.17) is 9.57 Å². The molecule has 1 aliphatic carbocycles. The van der Waals surface area contributed by atoms with Crippen LogP contribution in [0, 0.1) is 0 Å². The van der Waals surface area contributed by atoms with Crippen LogP contribution in [0.3, 0.4) is 0 Å². The van der Waals surface area contributed by atoms with Gasteiger partial charge in [-0.25, -0.2) is 4.79 Å². The Labute approximate surface area is 183 Å². The van der Waals surface area contributed by atoms with Gasteiger partial charge < -0.3 is 10.1 Å². The molecule has 0 bridgehead atoms. The van der Waals surface area contributed by atoms with Gasteiger partial charge in [0.2, 0.25) is 0 Å². The normalized spacial score (nSPS) is 18.8. The van der Waals surface area contributed by atoms with Crippen molar-refractivity contribution in [2.45, 2.75) is 70.7 Å². The second kappa shape index (κ2) is 10.4. The Balaban J connectivity index is 1.78. The monoisotopic (exact) mass is 425 g/mol. The first-order chi connectivity index (χ1) is 14.8. The summed E-state index contributed by atoms with van der Waals surface area (Å²) in [5.74, 6) is -0.260. The number of rotatable bonds is 6. The Morgan fingerprint density at radius 3 is 2.45 bits per heavy atom. The van der Waals surface area contributed by atoms with E-state index < -0.39 is 11.7 Å². The van der Waals surface area contributed by atoms with Crippen molar-refractivity contribution in [1.82, 2.24) is 15.4 Å². The second-order valence-electron chi connectivity index (χ2n) is 8.71. The molecule has 7 nitrogen and oxygen atoms in total. The van der Waals surface area contributed by atoms with Crippen LogP contribution in [-0.2, 0) is 16.2 Å². The lowest BCUT2D eigenvalue weighted by Crippen LogP contribution is -2.55. The summed E-state index contributed by atoms with van der Waals surface area (Å²) in [5, 5.41) is 4.37. The van der Waals surface area contributed by atoms with Crippen molar-refractivity contribution in [2.24, 2.45) is 0 Å². The smallest absolute Gasteiger partial charge is 0.434 e. The maximum absolute atomic E-state index is 13.0. The standard InChI is InChI=1S/C24H31N3O4/c1-24(2,3)31-23(29)27(30-17-18-11-5-4-6-12-18)21-15-8-7-13-19(21)26-22(28)20-14-9-10-16-25-20/h4-6,9-12,14,16,19,21H,7-8,13,15,17H2,1-3H3,(H,26,28)/t19-,21-/m1/s1. The minimum absolute atomic E-state index is 0.234. The molecule has 2 atom stereocenters. The first-order valence-electron chi connectivity index (χ1n) is 10.7. The molecular weight excluding hydrogens is 394 g/mol. The van der Waals surface area contributed by atoms with E-state index in [2.05, 4.69) is 10.3 Å². The van der Waals surface area contributed by atoms with Gasteiger partial charge in [0, 0.05) is 6.20 Å². The van der Waals surface area contributed by atoms with E-state index in [0.29, 0.717) is 12.1 Å². The van der Waals surface area contributed by atoms with E-state index in [1.54, 1.807) is 24.4 Å². The molecule has 166 valence electrons.